The minimum atomic E-state index is -0.804. The van der Waals surface area contributed by atoms with E-state index in [9.17, 15) is 15.0 Å². The first-order chi connectivity index (χ1) is 10.2. The molecule has 0 aromatic heterocycles. The Morgan fingerprint density at radius 2 is 1.57 bits per heavy atom. The lowest BCUT2D eigenvalue weighted by atomic mass is 10.0. The Hall–Kier alpha value is -3.01. The second-order valence-electron chi connectivity index (χ2n) is 4.54. The van der Waals surface area contributed by atoms with Crippen molar-refractivity contribution in [1.82, 2.24) is 0 Å². The number of phenols is 2. The molecule has 0 bridgehead atoms. The maximum Gasteiger partial charge on any atom is 0.351 e. The molecule has 2 N–H and O–H groups in total. The second kappa shape index (κ2) is 5.17. The van der Waals surface area contributed by atoms with E-state index in [0.29, 0.717) is 16.5 Å². The van der Waals surface area contributed by atoms with Crippen molar-refractivity contribution in [2.75, 3.05) is 0 Å². The molecule has 3 aromatic rings. The van der Waals surface area contributed by atoms with Crippen molar-refractivity contribution in [2.45, 2.75) is 0 Å². The standard InChI is InChI=1S/C17H12O4/c18-14-10-11-6-4-5-9-13(11)16(19)15(14)17(20)21-12-7-2-1-3-8-12/h1-10,18-19H. The highest BCUT2D eigenvalue weighted by Gasteiger charge is 2.21. The number of para-hydroxylation sites is 1. The van der Waals surface area contributed by atoms with Crippen molar-refractivity contribution >= 4 is 16.7 Å². The monoisotopic (exact) mass is 280 g/mol. The van der Waals surface area contributed by atoms with Crippen LogP contribution < -0.4 is 4.74 Å². The molecule has 0 aliphatic rings. The van der Waals surface area contributed by atoms with Gasteiger partial charge in [0.15, 0.2) is 0 Å². The summed E-state index contributed by atoms with van der Waals surface area (Å²) in [4.78, 5) is 12.2. The molecule has 0 heterocycles. The summed E-state index contributed by atoms with van der Waals surface area (Å²) in [6.45, 7) is 0. The third kappa shape index (κ3) is 2.39. The van der Waals surface area contributed by atoms with Gasteiger partial charge in [-0.25, -0.2) is 4.79 Å². The molecule has 0 aliphatic carbocycles. The van der Waals surface area contributed by atoms with Crippen LogP contribution >= 0.6 is 0 Å². The summed E-state index contributed by atoms with van der Waals surface area (Å²) < 4.78 is 5.15. The first-order valence-corrected chi connectivity index (χ1v) is 6.37. The lowest BCUT2D eigenvalue weighted by Crippen LogP contribution is -2.09. The molecule has 0 fully saturated rings. The maximum atomic E-state index is 12.2. The molecule has 0 spiro atoms. The molecule has 3 rings (SSSR count). The molecular formula is C17H12O4. The van der Waals surface area contributed by atoms with E-state index in [2.05, 4.69) is 0 Å². The van der Waals surface area contributed by atoms with E-state index in [4.69, 9.17) is 4.74 Å². The van der Waals surface area contributed by atoms with Gasteiger partial charge in [-0.1, -0.05) is 42.5 Å². The molecule has 0 saturated carbocycles. The smallest absolute Gasteiger partial charge is 0.351 e. The molecular weight excluding hydrogens is 268 g/mol. The second-order valence-corrected chi connectivity index (χ2v) is 4.54. The van der Waals surface area contributed by atoms with Crippen molar-refractivity contribution in [2.24, 2.45) is 0 Å². The largest absolute Gasteiger partial charge is 0.507 e. The van der Waals surface area contributed by atoms with Crippen molar-refractivity contribution in [3.05, 3.63) is 66.2 Å². The SMILES string of the molecule is O=C(Oc1ccccc1)c1c(O)cc2ccccc2c1O. The Kier molecular flexibility index (Phi) is 3.20. The van der Waals surface area contributed by atoms with Gasteiger partial charge in [0.2, 0.25) is 0 Å². The van der Waals surface area contributed by atoms with E-state index in [0.717, 1.165) is 0 Å². The van der Waals surface area contributed by atoms with Gasteiger partial charge in [0.25, 0.3) is 0 Å². The van der Waals surface area contributed by atoms with Crippen LogP contribution in [-0.2, 0) is 0 Å². The summed E-state index contributed by atoms with van der Waals surface area (Å²) >= 11 is 0. The molecule has 0 atom stereocenters. The zero-order valence-electron chi connectivity index (χ0n) is 11.0. The zero-order chi connectivity index (χ0) is 14.8. The fraction of sp³-hybridized carbons (Fsp3) is 0. The van der Waals surface area contributed by atoms with Crippen LogP contribution in [0.5, 0.6) is 17.2 Å². The predicted octanol–water partition coefficient (Wildman–Crippen LogP) is 3.47. The van der Waals surface area contributed by atoms with Crippen molar-refractivity contribution in [1.29, 1.82) is 0 Å². The first-order valence-electron chi connectivity index (χ1n) is 6.37. The van der Waals surface area contributed by atoms with Gasteiger partial charge in [0, 0.05) is 5.39 Å². The van der Waals surface area contributed by atoms with E-state index >= 15 is 0 Å². The summed E-state index contributed by atoms with van der Waals surface area (Å²) in [5, 5.41) is 21.3. The lowest BCUT2D eigenvalue weighted by molar-refractivity contribution is 0.0729. The Bertz CT molecular complexity index is 810. The number of aromatic hydroxyl groups is 2. The molecule has 0 unspecified atom stereocenters. The van der Waals surface area contributed by atoms with Crippen LogP contribution in [0.2, 0.25) is 0 Å². The normalized spacial score (nSPS) is 10.5. The molecule has 0 aliphatic heterocycles. The fourth-order valence-corrected chi connectivity index (χ4v) is 2.16. The highest BCUT2D eigenvalue weighted by Crippen LogP contribution is 2.36. The first kappa shape index (κ1) is 13.0. The highest BCUT2D eigenvalue weighted by molar-refractivity contribution is 6.04. The number of fused-ring (bicyclic) bond motifs is 1. The third-order valence-electron chi connectivity index (χ3n) is 3.16. The van der Waals surface area contributed by atoms with Crippen LogP contribution in [0.3, 0.4) is 0 Å². The molecule has 4 heteroatoms. The van der Waals surface area contributed by atoms with Crippen LogP contribution in [0.1, 0.15) is 10.4 Å². The van der Waals surface area contributed by atoms with Crippen LogP contribution in [0.4, 0.5) is 0 Å². The minimum absolute atomic E-state index is 0.238. The van der Waals surface area contributed by atoms with Crippen LogP contribution in [0, 0.1) is 0 Å². The number of hydrogen-bond donors (Lipinski definition) is 2. The van der Waals surface area contributed by atoms with Crippen molar-refractivity contribution < 1.29 is 19.7 Å². The molecule has 21 heavy (non-hydrogen) atoms. The van der Waals surface area contributed by atoms with Gasteiger partial charge in [0.05, 0.1) is 0 Å². The van der Waals surface area contributed by atoms with E-state index in [1.54, 1.807) is 54.6 Å². The van der Waals surface area contributed by atoms with Crippen LogP contribution in [0.25, 0.3) is 10.8 Å². The highest BCUT2D eigenvalue weighted by atomic mass is 16.5. The number of benzene rings is 3. The summed E-state index contributed by atoms with van der Waals surface area (Å²) in [7, 11) is 0. The molecule has 4 nitrogen and oxygen atoms in total. The van der Waals surface area contributed by atoms with Gasteiger partial charge in [-0.05, 0) is 23.6 Å². The Balaban J connectivity index is 2.05. The molecule has 3 aromatic carbocycles. The van der Waals surface area contributed by atoms with E-state index in [-0.39, 0.29) is 17.1 Å². The summed E-state index contributed by atoms with van der Waals surface area (Å²) in [6, 6.07) is 16.8. The topological polar surface area (TPSA) is 66.8 Å². The molecule has 0 radical (unpaired) electrons. The molecule has 104 valence electrons. The van der Waals surface area contributed by atoms with Gasteiger partial charge in [-0.15, -0.1) is 0 Å². The summed E-state index contributed by atoms with van der Waals surface area (Å²) in [6.07, 6.45) is 0. The number of hydrogen-bond acceptors (Lipinski definition) is 4. The van der Waals surface area contributed by atoms with E-state index < -0.39 is 5.97 Å². The van der Waals surface area contributed by atoms with Gasteiger partial charge in [0.1, 0.15) is 22.8 Å². The average molecular weight is 280 g/mol. The number of rotatable bonds is 2. The van der Waals surface area contributed by atoms with Gasteiger partial charge in [-0.3, -0.25) is 0 Å². The summed E-state index contributed by atoms with van der Waals surface area (Å²) in [5.74, 6) is -1.06. The Morgan fingerprint density at radius 3 is 2.33 bits per heavy atom. The number of carbonyl (C=O) groups is 1. The van der Waals surface area contributed by atoms with Gasteiger partial charge >= 0.3 is 5.97 Å². The quantitative estimate of drug-likeness (QED) is 0.557. The van der Waals surface area contributed by atoms with Gasteiger partial charge < -0.3 is 14.9 Å². The average Bonchev–Trinajstić information content (AvgIpc) is 2.48. The number of carbonyl (C=O) groups excluding carboxylic acids is 1. The maximum absolute atomic E-state index is 12.2. The molecule has 0 saturated heterocycles. The predicted molar refractivity (Wildman–Crippen MR) is 78.7 cm³/mol. The fourth-order valence-electron chi connectivity index (χ4n) is 2.16. The van der Waals surface area contributed by atoms with Crippen molar-refractivity contribution in [3.63, 3.8) is 0 Å². The number of esters is 1. The van der Waals surface area contributed by atoms with Crippen LogP contribution in [-0.4, -0.2) is 16.2 Å². The number of phenolic OH excluding ortho intramolecular Hbond substituents is 2. The Labute approximate surface area is 120 Å². The van der Waals surface area contributed by atoms with Gasteiger partial charge in [-0.2, -0.15) is 0 Å². The molecule has 0 amide bonds. The lowest BCUT2D eigenvalue weighted by Gasteiger charge is -2.10. The van der Waals surface area contributed by atoms with Crippen LogP contribution in [0.15, 0.2) is 60.7 Å². The number of ether oxygens (including phenoxy) is 1. The zero-order valence-corrected chi connectivity index (χ0v) is 11.0. The Morgan fingerprint density at radius 1 is 0.905 bits per heavy atom. The third-order valence-corrected chi connectivity index (χ3v) is 3.16. The van der Waals surface area contributed by atoms with Crippen molar-refractivity contribution in [3.8, 4) is 17.2 Å². The van der Waals surface area contributed by atoms with E-state index in [1.807, 2.05) is 0 Å². The minimum Gasteiger partial charge on any atom is -0.507 e. The summed E-state index contributed by atoms with van der Waals surface area (Å²) in [5.41, 5.74) is -0.238. The van der Waals surface area contributed by atoms with E-state index in [1.165, 1.54) is 6.07 Å².